The van der Waals surface area contributed by atoms with Gasteiger partial charge in [-0.1, -0.05) is 59.1 Å². The smallest absolute Gasteiger partial charge is 0.253 e. The van der Waals surface area contributed by atoms with Gasteiger partial charge in [-0.15, -0.1) is 0 Å². The second-order valence-electron chi connectivity index (χ2n) is 4.92. The number of rotatable bonds is 4. The third kappa shape index (κ3) is 6.79. The molecule has 0 radical (unpaired) electrons. The van der Waals surface area contributed by atoms with E-state index in [9.17, 15) is 4.79 Å². The van der Waals surface area contributed by atoms with Crippen LogP contribution in [-0.4, -0.2) is 21.0 Å². The van der Waals surface area contributed by atoms with Crippen LogP contribution in [-0.2, 0) is 0 Å². The van der Waals surface area contributed by atoms with Crippen molar-refractivity contribution in [2.24, 2.45) is 0 Å². The maximum absolute atomic E-state index is 12.4. The van der Waals surface area contributed by atoms with Gasteiger partial charge in [0.15, 0.2) is 5.11 Å². The summed E-state index contributed by atoms with van der Waals surface area (Å²) in [6, 6.07) is 16.3. The van der Waals surface area contributed by atoms with Crippen molar-refractivity contribution in [3.05, 3.63) is 63.7 Å². The maximum atomic E-state index is 12.4. The van der Waals surface area contributed by atoms with Crippen molar-refractivity contribution in [2.75, 3.05) is 5.32 Å². The van der Waals surface area contributed by atoms with Crippen LogP contribution in [0.15, 0.2) is 54.6 Å². The molecule has 4 nitrogen and oxygen atoms in total. The molecular weight excluding hydrogens is 516 g/mol. The molecule has 2 aromatic rings. The molecule has 0 saturated carbocycles. The summed E-state index contributed by atoms with van der Waals surface area (Å²) >= 11 is 25.3. The van der Waals surface area contributed by atoms with E-state index in [1.165, 1.54) is 0 Å². The van der Waals surface area contributed by atoms with Gasteiger partial charge in [0.2, 0.25) is 3.79 Å². The van der Waals surface area contributed by atoms with Crippen LogP contribution < -0.4 is 16.0 Å². The normalized spacial score (nSPS) is 12.2. The standard InChI is InChI=1S/C16H13Cl3IN3OS/c17-16(18,19)14(22-13(24)10-5-4-6-11(20)9-10)23-15(25)21-12-7-2-1-3-8-12/h1-9,14H,(H,22,24)(H2,21,23,25). The second kappa shape index (κ2) is 9.23. The van der Waals surface area contributed by atoms with Gasteiger partial charge in [-0.05, 0) is 65.1 Å². The Morgan fingerprint density at radius 3 is 2.32 bits per heavy atom. The van der Waals surface area contributed by atoms with Gasteiger partial charge in [-0.3, -0.25) is 4.79 Å². The minimum atomic E-state index is -1.81. The summed E-state index contributed by atoms with van der Waals surface area (Å²) < 4.78 is -0.884. The topological polar surface area (TPSA) is 53.2 Å². The van der Waals surface area contributed by atoms with Gasteiger partial charge in [-0.2, -0.15) is 0 Å². The maximum Gasteiger partial charge on any atom is 0.253 e. The lowest BCUT2D eigenvalue weighted by atomic mass is 10.2. The molecule has 0 aliphatic heterocycles. The zero-order valence-electron chi connectivity index (χ0n) is 12.6. The Bertz CT molecular complexity index is 756. The Labute approximate surface area is 179 Å². The van der Waals surface area contributed by atoms with E-state index in [0.717, 1.165) is 9.26 Å². The molecule has 9 heteroatoms. The number of carbonyl (C=O) groups is 1. The number of hydrogen-bond acceptors (Lipinski definition) is 2. The number of carbonyl (C=O) groups excluding carboxylic acids is 1. The van der Waals surface area contributed by atoms with Gasteiger partial charge >= 0.3 is 0 Å². The highest BCUT2D eigenvalue weighted by Gasteiger charge is 2.34. The highest BCUT2D eigenvalue weighted by Crippen LogP contribution is 2.29. The number of hydrogen-bond donors (Lipinski definition) is 3. The first-order chi connectivity index (χ1) is 11.8. The van der Waals surface area contributed by atoms with E-state index >= 15 is 0 Å². The number of benzene rings is 2. The summed E-state index contributed by atoms with van der Waals surface area (Å²) in [6.45, 7) is 0. The molecule has 25 heavy (non-hydrogen) atoms. The number of amides is 1. The van der Waals surface area contributed by atoms with Crippen LogP contribution in [0.1, 0.15) is 10.4 Å². The first kappa shape index (κ1) is 20.5. The summed E-state index contributed by atoms with van der Waals surface area (Å²) in [4.78, 5) is 12.4. The molecule has 2 rings (SSSR count). The van der Waals surface area contributed by atoms with Crippen molar-refractivity contribution >= 4 is 86.3 Å². The molecule has 0 bridgehead atoms. The summed E-state index contributed by atoms with van der Waals surface area (Å²) in [5.74, 6) is -0.384. The molecule has 0 aliphatic rings. The first-order valence-corrected chi connectivity index (χ1v) is 9.63. The number of anilines is 1. The molecule has 1 unspecified atom stereocenters. The fourth-order valence-corrected chi connectivity index (χ4v) is 2.97. The van der Waals surface area contributed by atoms with E-state index in [4.69, 9.17) is 47.0 Å². The zero-order valence-corrected chi connectivity index (χ0v) is 17.8. The van der Waals surface area contributed by atoms with Gasteiger partial charge < -0.3 is 16.0 Å². The average Bonchev–Trinajstić information content (AvgIpc) is 2.54. The number of alkyl halides is 3. The molecule has 0 aromatic heterocycles. The summed E-state index contributed by atoms with van der Waals surface area (Å²) in [6.07, 6.45) is -1.02. The Hall–Kier alpha value is -0.800. The minimum Gasteiger partial charge on any atom is -0.339 e. The molecule has 132 valence electrons. The van der Waals surface area contributed by atoms with Gasteiger partial charge in [-0.25, -0.2) is 0 Å². The predicted octanol–water partition coefficient (Wildman–Crippen LogP) is 4.70. The van der Waals surface area contributed by atoms with E-state index in [1.807, 2.05) is 36.4 Å². The molecule has 1 amide bonds. The van der Waals surface area contributed by atoms with E-state index in [0.29, 0.717) is 5.56 Å². The van der Waals surface area contributed by atoms with Crippen LogP contribution in [0.5, 0.6) is 0 Å². The monoisotopic (exact) mass is 527 g/mol. The second-order valence-corrected chi connectivity index (χ2v) is 8.95. The molecule has 0 fully saturated rings. The number of nitrogens with one attached hydrogen (secondary N) is 3. The summed E-state index contributed by atoms with van der Waals surface area (Å²) in [5, 5.41) is 8.62. The zero-order chi connectivity index (χ0) is 18.4. The lowest BCUT2D eigenvalue weighted by Crippen LogP contribution is -2.56. The van der Waals surface area contributed by atoms with Crippen LogP contribution >= 0.6 is 69.6 Å². The lowest BCUT2D eigenvalue weighted by molar-refractivity contribution is 0.0934. The Balaban J connectivity index is 2.06. The fraction of sp³-hybridized carbons (Fsp3) is 0.125. The first-order valence-electron chi connectivity index (χ1n) is 7.01. The molecule has 0 spiro atoms. The quantitative estimate of drug-likeness (QED) is 0.233. The summed E-state index contributed by atoms with van der Waals surface area (Å²) in [5.41, 5.74) is 1.22. The molecule has 0 heterocycles. The van der Waals surface area contributed by atoms with Gasteiger partial charge in [0.25, 0.3) is 5.91 Å². The van der Waals surface area contributed by atoms with Crippen LogP contribution in [0.2, 0.25) is 0 Å². The van der Waals surface area contributed by atoms with Crippen LogP contribution in [0.3, 0.4) is 0 Å². The van der Waals surface area contributed by atoms with Crippen LogP contribution in [0.25, 0.3) is 0 Å². The highest BCUT2D eigenvalue weighted by atomic mass is 127. The largest absolute Gasteiger partial charge is 0.339 e. The van der Waals surface area contributed by atoms with Crippen molar-refractivity contribution in [3.63, 3.8) is 0 Å². The fourth-order valence-electron chi connectivity index (χ4n) is 1.86. The van der Waals surface area contributed by atoms with Gasteiger partial charge in [0, 0.05) is 14.8 Å². The van der Waals surface area contributed by atoms with E-state index in [1.54, 1.807) is 18.2 Å². The molecule has 1 atom stereocenters. The van der Waals surface area contributed by atoms with Crippen LogP contribution in [0, 0.1) is 3.57 Å². The van der Waals surface area contributed by atoms with E-state index in [-0.39, 0.29) is 11.0 Å². The average molecular weight is 529 g/mol. The molecular formula is C16H13Cl3IN3OS. The van der Waals surface area contributed by atoms with Gasteiger partial charge in [0.05, 0.1) is 0 Å². The Morgan fingerprint density at radius 1 is 1.04 bits per heavy atom. The number of thiocarbonyl (C=S) groups is 1. The highest BCUT2D eigenvalue weighted by molar-refractivity contribution is 14.1. The molecule has 2 aromatic carbocycles. The van der Waals surface area contributed by atoms with Crippen molar-refractivity contribution in [3.8, 4) is 0 Å². The number of para-hydroxylation sites is 1. The van der Waals surface area contributed by atoms with E-state index < -0.39 is 9.96 Å². The van der Waals surface area contributed by atoms with E-state index in [2.05, 4.69) is 38.5 Å². The lowest BCUT2D eigenvalue weighted by Gasteiger charge is -2.27. The summed E-state index contributed by atoms with van der Waals surface area (Å²) in [7, 11) is 0. The predicted molar refractivity (Wildman–Crippen MR) is 117 cm³/mol. The SMILES string of the molecule is O=C(NC(NC(=S)Nc1ccccc1)C(Cl)(Cl)Cl)c1cccc(I)c1. The van der Waals surface area contributed by atoms with Crippen molar-refractivity contribution in [1.29, 1.82) is 0 Å². The van der Waals surface area contributed by atoms with Crippen molar-refractivity contribution < 1.29 is 4.79 Å². The Kier molecular flexibility index (Phi) is 7.57. The van der Waals surface area contributed by atoms with Crippen molar-refractivity contribution in [2.45, 2.75) is 9.96 Å². The molecule has 0 saturated heterocycles. The third-order valence-corrected chi connectivity index (χ3v) is 4.54. The van der Waals surface area contributed by atoms with Gasteiger partial charge in [0.1, 0.15) is 6.17 Å². The molecule has 0 aliphatic carbocycles. The minimum absolute atomic E-state index is 0.213. The third-order valence-electron chi connectivity index (χ3n) is 3.00. The Morgan fingerprint density at radius 2 is 1.72 bits per heavy atom. The number of halogens is 4. The van der Waals surface area contributed by atoms with Crippen LogP contribution in [0.4, 0.5) is 5.69 Å². The molecule has 3 N–H and O–H groups in total. The van der Waals surface area contributed by atoms with Crippen molar-refractivity contribution in [1.82, 2.24) is 10.6 Å².